The summed E-state index contributed by atoms with van der Waals surface area (Å²) in [4.78, 5) is 42.5. The van der Waals surface area contributed by atoms with Gasteiger partial charge in [-0.25, -0.2) is 9.59 Å². The maximum Gasteiger partial charge on any atom is 0.410 e. The average molecular weight is 516 g/mol. The lowest BCUT2D eigenvalue weighted by atomic mass is 10.0. The van der Waals surface area contributed by atoms with Crippen LogP contribution in [0.3, 0.4) is 0 Å². The van der Waals surface area contributed by atoms with Crippen molar-refractivity contribution in [3.05, 3.63) is 52.2 Å². The minimum absolute atomic E-state index is 0.196. The molecule has 0 bridgehead atoms. The van der Waals surface area contributed by atoms with Gasteiger partial charge in [-0.1, -0.05) is 12.1 Å². The van der Waals surface area contributed by atoms with Crippen molar-refractivity contribution >= 4 is 35.1 Å². The number of nitrogens with zero attached hydrogens (tertiary/aromatic N) is 2. The minimum atomic E-state index is -0.513. The lowest BCUT2D eigenvalue weighted by Gasteiger charge is -2.39. The molecule has 0 spiro atoms. The molecule has 0 saturated carbocycles. The average Bonchev–Trinajstić information content (AvgIpc) is 3.30. The molecule has 1 aliphatic rings. The largest absolute Gasteiger partial charge is 0.444 e. The van der Waals surface area contributed by atoms with Gasteiger partial charge in [-0.05, 0) is 64.3 Å². The molecule has 0 atom stereocenters. The predicted octanol–water partition coefficient (Wildman–Crippen LogP) is 4.13. The highest BCUT2D eigenvalue weighted by molar-refractivity contribution is 7.09. The summed E-state index contributed by atoms with van der Waals surface area (Å²) in [6.07, 6.45) is -0.290. The van der Waals surface area contributed by atoms with Crippen molar-refractivity contribution in [3.8, 4) is 0 Å². The highest BCUT2D eigenvalue weighted by Crippen LogP contribution is 2.15. The second-order valence-electron chi connectivity index (χ2n) is 10.5. The van der Waals surface area contributed by atoms with Gasteiger partial charge in [0, 0.05) is 54.4 Å². The summed E-state index contributed by atoms with van der Waals surface area (Å²) in [5.41, 5.74) is -0.000955. The van der Waals surface area contributed by atoms with E-state index in [9.17, 15) is 14.4 Å². The Hall–Kier alpha value is -3.11. The lowest BCUT2D eigenvalue weighted by Crippen LogP contribution is -2.57. The monoisotopic (exact) mass is 515 g/mol. The molecule has 196 valence electrons. The number of carbonyl (C=O) groups excluding carboxylic acids is 3. The number of carbonyl (C=O) groups is 3. The van der Waals surface area contributed by atoms with Gasteiger partial charge in [0.15, 0.2) is 0 Å². The maximum absolute atomic E-state index is 12.7. The standard InChI is InChI=1S/C26H37N5O4S/c1-25(2,3)35-24(34)31-13-11-30(12-14-31)18-26(4,5)29-23(33)28-20-9-6-8-19(16-20)22(32)27-17-21-10-7-15-36-21/h6-10,15-16H,11-14,17-18H2,1-5H3,(H,27,32)(H2,28,29,33). The fourth-order valence-electron chi connectivity index (χ4n) is 3.90. The Kier molecular flexibility index (Phi) is 8.97. The zero-order chi connectivity index (χ0) is 26.3. The Balaban J connectivity index is 1.45. The molecule has 0 aliphatic carbocycles. The van der Waals surface area contributed by atoms with Crippen LogP contribution < -0.4 is 16.0 Å². The van der Waals surface area contributed by atoms with Crippen LogP contribution in [0.5, 0.6) is 0 Å². The van der Waals surface area contributed by atoms with E-state index in [2.05, 4.69) is 20.9 Å². The van der Waals surface area contributed by atoms with E-state index in [1.54, 1.807) is 40.5 Å². The van der Waals surface area contributed by atoms with E-state index < -0.39 is 11.1 Å². The number of urea groups is 1. The molecule has 2 heterocycles. The Labute approximate surface area is 217 Å². The first-order valence-electron chi connectivity index (χ1n) is 12.1. The predicted molar refractivity (Wildman–Crippen MR) is 142 cm³/mol. The number of hydrogen-bond donors (Lipinski definition) is 3. The van der Waals surface area contributed by atoms with Crippen LogP contribution in [0.1, 0.15) is 49.9 Å². The molecule has 10 heteroatoms. The molecule has 3 rings (SSSR count). The zero-order valence-electron chi connectivity index (χ0n) is 21.7. The third-order valence-corrected chi connectivity index (χ3v) is 6.36. The molecule has 1 aromatic carbocycles. The normalized spacial score (nSPS) is 14.8. The number of ether oxygens (including phenoxy) is 1. The molecule has 3 N–H and O–H groups in total. The number of hydrogen-bond acceptors (Lipinski definition) is 6. The first-order chi connectivity index (χ1) is 16.9. The fourth-order valence-corrected chi connectivity index (χ4v) is 4.55. The fraction of sp³-hybridized carbons (Fsp3) is 0.500. The van der Waals surface area contributed by atoms with E-state index in [1.165, 1.54) is 0 Å². The summed E-state index contributed by atoms with van der Waals surface area (Å²) in [6, 6.07) is 10.4. The zero-order valence-corrected chi connectivity index (χ0v) is 22.5. The third kappa shape index (κ3) is 8.83. The number of piperazine rings is 1. The molecule has 1 aliphatic heterocycles. The molecule has 0 radical (unpaired) electrons. The number of amides is 4. The minimum Gasteiger partial charge on any atom is -0.444 e. The van der Waals surface area contributed by atoms with Crippen molar-refractivity contribution in [3.63, 3.8) is 0 Å². The van der Waals surface area contributed by atoms with Gasteiger partial charge in [0.2, 0.25) is 0 Å². The Morgan fingerprint density at radius 2 is 1.72 bits per heavy atom. The molecule has 9 nitrogen and oxygen atoms in total. The van der Waals surface area contributed by atoms with E-state index in [4.69, 9.17) is 4.74 Å². The molecular weight excluding hydrogens is 478 g/mol. The smallest absolute Gasteiger partial charge is 0.410 e. The van der Waals surface area contributed by atoms with Crippen LogP contribution in [-0.4, -0.2) is 71.7 Å². The summed E-state index contributed by atoms with van der Waals surface area (Å²) in [6.45, 7) is 13.2. The second-order valence-corrected chi connectivity index (χ2v) is 11.6. The van der Waals surface area contributed by atoms with Crippen LogP contribution in [0.25, 0.3) is 0 Å². The number of benzene rings is 1. The topological polar surface area (TPSA) is 103 Å². The molecule has 1 fully saturated rings. The molecule has 0 unspecified atom stereocenters. The van der Waals surface area contributed by atoms with Gasteiger partial charge in [-0.3, -0.25) is 9.69 Å². The van der Waals surface area contributed by atoms with Gasteiger partial charge in [0.1, 0.15) is 5.60 Å². The van der Waals surface area contributed by atoms with Gasteiger partial charge in [-0.15, -0.1) is 11.3 Å². The summed E-state index contributed by atoms with van der Waals surface area (Å²) in [7, 11) is 0. The van der Waals surface area contributed by atoms with Crippen LogP contribution in [0.4, 0.5) is 15.3 Å². The summed E-state index contributed by atoms with van der Waals surface area (Å²) < 4.78 is 5.45. The summed E-state index contributed by atoms with van der Waals surface area (Å²) >= 11 is 1.59. The Bertz CT molecular complexity index is 1040. The van der Waals surface area contributed by atoms with Gasteiger partial charge < -0.3 is 25.6 Å². The second kappa shape index (κ2) is 11.7. The van der Waals surface area contributed by atoms with Crippen LogP contribution in [0.2, 0.25) is 0 Å². The van der Waals surface area contributed by atoms with E-state index >= 15 is 0 Å². The van der Waals surface area contributed by atoms with Crippen molar-refractivity contribution in [2.45, 2.75) is 52.3 Å². The highest BCUT2D eigenvalue weighted by Gasteiger charge is 2.29. The van der Waals surface area contributed by atoms with Crippen LogP contribution in [-0.2, 0) is 11.3 Å². The molecular formula is C26H37N5O4S. The highest BCUT2D eigenvalue weighted by atomic mass is 32.1. The van der Waals surface area contributed by atoms with Gasteiger partial charge in [0.05, 0.1) is 6.54 Å². The van der Waals surface area contributed by atoms with Crippen molar-refractivity contribution in [2.24, 2.45) is 0 Å². The summed E-state index contributed by atoms with van der Waals surface area (Å²) in [5, 5.41) is 10.7. The molecule has 2 aromatic rings. The number of nitrogens with one attached hydrogen (secondary N) is 3. The van der Waals surface area contributed by atoms with Gasteiger partial charge in [0.25, 0.3) is 5.91 Å². The number of anilines is 1. The van der Waals surface area contributed by atoms with E-state index in [1.807, 2.05) is 52.1 Å². The first-order valence-corrected chi connectivity index (χ1v) is 13.0. The molecule has 36 heavy (non-hydrogen) atoms. The first kappa shape index (κ1) is 27.5. The Morgan fingerprint density at radius 3 is 2.36 bits per heavy atom. The number of rotatable bonds is 7. The maximum atomic E-state index is 12.7. The SMILES string of the molecule is CC(C)(CN1CCN(C(=O)OC(C)(C)C)CC1)NC(=O)Nc1cccc(C(=O)NCc2cccs2)c1. The number of thiophene rings is 1. The lowest BCUT2D eigenvalue weighted by molar-refractivity contribution is 0.0130. The molecule has 1 saturated heterocycles. The third-order valence-electron chi connectivity index (χ3n) is 5.48. The van der Waals surface area contributed by atoms with Crippen molar-refractivity contribution in [2.75, 3.05) is 38.0 Å². The van der Waals surface area contributed by atoms with Crippen LogP contribution >= 0.6 is 11.3 Å². The van der Waals surface area contributed by atoms with E-state index in [0.29, 0.717) is 50.5 Å². The van der Waals surface area contributed by atoms with Gasteiger partial charge in [-0.2, -0.15) is 0 Å². The van der Waals surface area contributed by atoms with Crippen molar-refractivity contribution in [1.29, 1.82) is 0 Å². The van der Waals surface area contributed by atoms with Crippen LogP contribution in [0.15, 0.2) is 41.8 Å². The quantitative estimate of drug-likeness (QED) is 0.515. The Morgan fingerprint density at radius 1 is 1.00 bits per heavy atom. The molecule has 1 aromatic heterocycles. The van der Waals surface area contributed by atoms with E-state index in [0.717, 1.165) is 4.88 Å². The molecule has 4 amide bonds. The van der Waals surface area contributed by atoms with Crippen LogP contribution in [0, 0.1) is 0 Å². The van der Waals surface area contributed by atoms with Crippen molar-refractivity contribution < 1.29 is 19.1 Å². The van der Waals surface area contributed by atoms with E-state index in [-0.39, 0.29) is 18.0 Å². The summed E-state index contributed by atoms with van der Waals surface area (Å²) in [5.74, 6) is -0.196. The van der Waals surface area contributed by atoms with Crippen molar-refractivity contribution in [1.82, 2.24) is 20.4 Å². The van der Waals surface area contributed by atoms with Gasteiger partial charge >= 0.3 is 12.1 Å².